The van der Waals surface area contributed by atoms with Crippen molar-refractivity contribution in [2.75, 3.05) is 11.9 Å². The van der Waals surface area contributed by atoms with Crippen molar-refractivity contribution in [1.82, 2.24) is 9.13 Å². The molecule has 0 amide bonds. The minimum absolute atomic E-state index is 0.163. The third kappa shape index (κ3) is 3.13. The second-order valence-electron chi connectivity index (χ2n) is 5.01. The number of nitrogens with zero attached hydrogens (tertiary/aromatic N) is 3. The molecule has 0 saturated carbocycles. The van der Waals surface area contributed by atoms with Gasteiger partial charge in [-0.1, -0.05) is 30.3 Å². The van der Waals surface area contributed by atoms with Crippen LogP contribution in [0, 0.1) is 4.91 Å². The molecule has 1 N–H and O–H groups in total. The topological polar surface area (TPSA) is 85.5 Å². The van der Waals surface area contributed by atoms with Crippen LogP contribution >= 0.6 is 0 Å². The van der Waals surface area contributed by atoms with Crippen LogP contribution in [0.15, 0.2) is 45.1 Å². The lowest BCUT2D eigenvalue weighted by molar-refractivity contribution is 0.688. The first kappa shape index (κ1) is 15.7. The molecule has 0 atom stereocenters. The van der Waals surface area contributed by atoms with Gasteiger partial charge in [0, 0.05) is 20.6 Å². The van der Waals surface area contributed by atoms with Crippen LogP contribution in [0.5, 0.6) is 0 Å². The van der Waals surface area contributed by atoms with E-state index in [-0.39, 0.29) is 11.5 Å². The number of hydrogen-bond acceptors (Lipinski definition) is 5. The number of nitroso groups, excluding NO2 is 1. The van der Waals surface area contributed by atoms with Gasteiger partial charge in [0.1, 0.15) is 5.82 Å². The zero-order valence-electron chi connectivity index (χ0n) is 12.6. The highest BCUT2D eigenvalue weighted by Gasteiger charge is 2.15. The van der Waals surface area contributed by atoms with E-state index in [1.54, 1.807) is 0 Å². The summed E-state index contributed by atoms with van der Waals surface area (Å²) in [5.74, 6) is 0.163. The van der Waals surface area contributed by atoms with Crippen LogP contribution in [0.2, 0.25) is 0 Å². The molecule has 0 bridgehead atoms. The molecule has 1 heterocycles. The van der Waals surface area contributed by atoms with Gasteiger partial charge in [-0.25, -0.2) is 4.79 Å². The van der Waals surface area contributed by atoms with Crippen molar-refractivity contribution in [2.24, 2.45) is 19.3 Å². The fourth-order valence-corrected chi connectivity index (χ4v) is 2.26. The van der Waals surface area contributed by atoms with Crippen molar-refractivity contribution >= 4 is 11.5 Å². The molecule has 0 saturated heterocycles. The van der Waals surface area contributed by atoms with Crippen molar-refractivity contribution in [2.45, 2.75) is 12.8 Å². The second-order valence-corrected chi connectivity index (χ2v) is 5.01. The normalized spacial score (nSPS) is 10.5. The van der Waals surface area contributed by atoms with Gasteiger partial charge in [0.05, 0.1) is 0 Å². The lowest BCUT2D eigenvalue weighted by atomic mass is 10.1. The molecule has 2 aromatic rings. The Morgan fingerprint density at radius 3 is 2.41 bits per heavy atom. The van der Waals surface area contributed by atoms with Crippen molar-refractivity contribution in [3.8, 4) is 0 Å². The van der Waals surface area contributed by atoms with Crippen LogP contribution < -0.4 is 16.6 Å². The van der Waals surface area contributed by atoms with Gasteiger partial charge >= 0.3 is 5.69 Å². The minimum Gasteiger partial charge on any atom is -0.369 e. The Bertz CT molecular complexity index is 778. The molecule has 1 aromatic heterocycles. The van der Waals surface area contributed by atoms with Gasteiger partial charge in [0.15, 0.2) is 0 Å². The summed E-state index contributed by atoms with van der Waals surface area (Å²) in [7, 11) is 2.81. The highest BCUT2D eigenvalue weighted by Crippen LogP contribution is 2.17. The van der Waals surface area contributed by atoms with Crippen LogP contribution in [0.1, 0.15) is 12.0 Å². The first-order valence-electron chi connectivity index (χ1n) is 6.97. The smallest absolute Gasteiger partial charge is 0.332 e. The summed E-state index contributed by atoms with van der Waals surface area (Å²) in [5.41, 5.74) is -0.258. The van der Waals surface area contributed by atoms with Crippen molar-refractivity contribution in [3.05, 3.63) is 61.6 Å². The predicted octanol–water partition coefficient (Wildman–Crippen LogP) is 1.53. The van der Waals surface area contributed by atoms with E-state index in [0.29, 0.717) is 6.54 Å². The summed E-state index contributed by atoms with van der Waals surface area (Å²) < 4.78 is 2.09. The zero-order valence-corrected chi connectivity index (χ0v) is 12.6. The Hall–Kier alpha value is -2.70. The lowest BCUT2D eigenvalue weighted by Crippen LogP contribution is -2.38. The molecular weight excluding hydrogens is 284 g/mol. The molecule has 7 nitrogen and oxygen atoms in total. The van der Waals surface area contributed by atoms with Gasteiger partial charge in [0.2, 0.25) is 5.69 Å². The van der Waals surface area contributed by atoms with Crippen LogP contribution in [-0.2, 0) is 20.5 Å². The van der Waals surface area contributed by atoms with E-state index in [4.69, 9.17) is 0 Å². The van der Waals surface area contributed by atoms with Crippen LogP contribution in [0.3, 0.4) is 0 Å². The highest BCUT2D eigenvalue weighted by atomic mass is 16.3. The van der Waals surface area contributed by atoms with Gasteiger partial charge in [0.25, 0.3) is 5.56 Å². The highest BCUT2D eigenvalue weighted by molar-refractivity contribution is 5.59. The summed E-state index contributed by atoms with van der Waals surface area (Å²) >= 11 is 0. The minimum atomic E-state index is -0.691. The largest absolute Gasteiger partial charge is 0.369 e. The molecule has 0 unspecified atom stereocenters. The second kappa shape index (κ2) is 6.84. The van der Waals surface area contributed by atoms with E-state index in [1.807, 2.05) is 30.3 Å². The van der Waals surface area contributed by atoms with E-state index in [9.17, 15) is 14.5 Å². The summed E-state index contributed by atoms with van der Waals surface area (Å²) in [4.78, 5) is 34.6. The number of hydrogen-bond donors (Lipinski definition) is 1. The standard InChI is InChI=1S/C15H18N4O3/c1-18-13(12(17-22)14(20)19(2)15(18)21)16-10-6-9-11-7-4-3-5-8-11/h3-5,7-8,16H,6,9-10H2,1-2H3. The first-order valence-corrected chi connectivity index (χ1v) is 6.97. The van der Waals surface area contributed by atoms with Gasteiger partial charge in [-0.15, -0.1) is 4.91 Å². The van der Waals surface area contributed by atoms with Crippen LogP contribution in [0.25, 0.3) is 0 Å². The number of rotatable bonds is 6. The zero-order chi connectivity index (χ0) is 16.1. The number of benzene rings is 1. The molecule has 0 aliphatic carbocycles. The molecule has 1 aromatic carbocycles. The number of aromatic nitrogens is 2. The summed E-state index contributed by atoms with van der Waals surface area (Å²) in [6.45, 7) is 0.526. The van der Waals surface area contributed by atoms with Crippen LogP contribution in [-0.4, -0.2) is 15.7 Å². The van der Waals surface area contributed by atoms with Crippen molar-refractivity contribution in [3.63, 3.8) is 0 Å². The Labute approximate surface area is 127 Å². The van der Waals surface area contributed by atoms with Crippen LogP contribution in [0.4, 0.5) is 11.5 Å². The Morgan fingerprint density at radius 1 is 1.09 bits per heavy atom. The molecule has 7 heteroatoms. The molecule has 2 rings (SSSR count). The Balaban J connectivity index is 2.11. The number of nitrogens with one attached hydrogen (secondary N) is 1. The molecular formula is C15H18N4O3. The van der Waals surface area contributed by atoms with Gasteiger partial charge in [-0.05, 0) is 23.6 Å². The monoisotopic (exact) mass is 302 g/mol. The summed E-state index contributed by atoms with van der Waals surface area (Å²) in [5, 5.41) is 5.73. The fourth-order valence-electron chi connectivity index (χ4n) is 2.26. The maximum absolute atomic E-state index is 11.9. The maximum atomic E-state index is 11.9. The Morgan fingerprint density at radius 2 is 1.77 bits per heavy atom. The average Bonchev–Trinajstić information content (AvgIpc) is 2.55. The van der Waals surface area contributed by atoms with E-state index >= 15 is 0 Å². The number of aryl methyl sites for hydroxylation is 1. The van der Waals surface area contributed by atoms with E-state index < -0.39 is 11.2 Å². The van der Waals surface area contributed by atoms with E-state index in [2.05, 4.69) is 10.5 Å². The summed E-state index contributed by atoms with van der Waals surface area (Å²) in [6, 6.07) is 9.97. The first-order chi connectivity index (χ1) is 10.6. The molecule has 0 aliphatic heterocycles. The van der Waals surface area contributed by atoms with Gasteiger partial charge in [-0.2, -0.15) is 0 Å². The van der Waals surface area contributed by atoms with Gasteiger partial charge < -0.3 is 5.32 Å². The van der Waals surface area contributed by atoms with E-state index in [0.717, 1.165) is 17.4 Å². The summed E-state index contributed by atoms with van der Waals surface area (Å²) in [6.07, 6.45) is 1.65. The third-order valence-corrected chi connectivity index (χ3v) is 3.51. The van der Waals surface area contributed by atoms with Gasteiger partial charge in [-0.3, -0.25) is 13.9 Å². The van der Waals surface area contributed by atoms with Crippen molar-refractivity contribution in [1.29, 1.82) is 0 Å². The fraction of sp³-hybridized carbons (Fsp3) is 0.333. The maximum Gasteiger partial charge on any atom is 0.332 e. The number of anilines is 1. The molecule has 0 radical (unpaired) electrons. The SMILES string of the molecule is Cn1c(NCCCc2ccccc2)c(N=O)c(=O)n(C)c1=O. The van der Waals surface area contributed by atoms with Crippen molar-refractivity contribution < 1.29 is 0 Å². The quantitative estimate of drug-likeness (QED) is 0.647. The average molecular weight is 302 g/mol. The molecule has 0 aliphatic rings. The molecule has 0 spiro atoms. The lowest BCUT2D eigenvalue weighted by Gasteiger charge is -2.13. The van der Waals surface area contributed by atoms with E-state index in [1.165, 1.54) is 24.2 Å². The molecule has 22 heavy (non-hydrogen) atoms. The molecule has 116 valence electrons. The predicted molar refractivity (Wildman–Crippen MR) is 85.6 cm³/mol. The third-order valence-electron chi connectivity index (χ3n) is 3.51. The Kier molecular flexibility index (Phi) is 4.88. The molecule has 0 fully saturated rings.